The van der Waals surface area contributed by atoms with Crippen LogP contribution in [0.15, 0.2) is 91.0 Å². The number of hydrogen-bond acceptors (Lipinski definition) is 8. The van der Waals surface area contributed by atoms with Gasteiger partial charge in [0.1, 0.15) is 11.4 Å². The Balaban J connectivity index is 1.33. The fourth-order valence-electron chi connectivity index (χ4n) is 5.83. The topological polar surface area (TPSA) is 75.7 Å². The third kappa shape index (κ3) is 13.1. The molecular weight excluding hydrogens is 748 g/mol. The Morgan fingerprint density at radius 1 is 0.692 bits per heavy atom. The van der Waals surface area contributed by atoms with E-state index in [0.717, 1.165) is 34.4 Å². The first-order chi connectivity index (χ1) is 24.9. The van der Waals surface area contributed by atoms with Gasteiger partial charge in [0, 0.05) is 32.4 Å². The minimum absolute atomic E-state index is 0.200. The van der Waals surface area contributed by atoms with Crippen LogP contribution in [0.3, 0.4) is 0 Å². The zero-order valence-electron chi connectivity index (χ0n) is 29.4. The third-order valence-corrected chi connectivity index (χ3v) is 8.89. The zero-order valence-corrected chi connectivity index (χ0v) is 32.4. The number of nitrogens with zero attached hydrogens (tertiary/aromatic N) is 1. The molecule has 1 saturated heterocycles. The van der Waals surface area contributed by atoms with Crippen molar-refractivity contribution in [2.24, 2.45) is 0 Å². The quantitative estimate of drug-likeness (QED) is 0.0870. The van der Waals surface area contributed by atoms with Gasteiger partial charge in [-0.2, -0.15) is 0 Å². The van der Waals surface area contributed by atoms with E-state index in [9.17, 15) is 4.79 Å². The van der Waals surface area contributed by atoms with Gasteiger partial charge >= 0.3 is 6.16 Å². The lowest BCUT2D eigenvalue weighted by Crippen LogP contribution is -2.53. The summed E-state index contributed by atoms with van der Waals surface area (Å²) in [6, 6.07) is 28.5. The van der Waals surface area contributed by atoms with Crippen molar-refractivity contribution < 1.29 is 33.3 Å². The van der Waals surface area contributed by atoms with Crippen LogP contribution in [0.25, 0.3) is 0 Å². The smallest absolute Gasteiger partial charge is 0.494 e. The van der Waals surface area contributed by atoms with Gasteiger partial charge in [-0.25, -0.2) is 4.79 Å². The number of halogens is 4. The molecule has 0 spiro atoms. The number of rotatable bonds is 15. The molecule has 0 saturated carbocycles. The van der Waals surface area contributed by atoms with Crippen LogP contribution in [0, 0.1) is 0 Å². The highest BCUT2D eigenvalue weighted by atomic mass is 35.5. The molecule has 5 rings (SSSR count). The van der Waals surface area contributed by atoms with Crippen molar-refractivity contribution in [3.8, 4) is 5.75 Å². The summed E-state index contributed by atoms with van der Waals surface area (Å²) in [5.74, 6) is 0.442. The molecule has 1 aliphatic heterocycles. The normalized spacial score (nSPS) is 17.9. The van der Waals surface area contributed by atoms with Gasteiger partial charge in [0.2, 0.25) is 0 Å². The van der Waals surface area contributed by atoms with Crippen LogP contribution in [0.1, 0.15) is 55.4 Å². The molecule has 12 heteroatoms. The largest absolute Gasteiger partial charge is 0.528 e. The lowest BCUT2D eigenvalue weighted by molar-refractivity contribution is -0.209. The minimum Gasteiger partial charge on any atom is -0.494 e. The summed E-state index contributed by atoms with van der Waals surface area (Å²) in [6.45, 7) is 7.87. The highest BCUT2D eigenvalue weighted by Crippen LogP contribution is 2.36. The molecule has 0 aromatic heterocycles. The monoisotopic (exact) mass is 789 g/mol. The predicted molar refractivity (Wildman–Crippen MR) is 204 cm³/mol. The summed E-state index contributed by atoms with van der Waals surface area (Å²) in [5, 5.41) is 3.52. The minimum atomic E-state index is -0.821. The van der Waals surface area contributed by atoms with Gasteiger partial charge < -0.3 is 28.5 Å². The molecule has 3 atom stereocenters. The molecule has 8 nitrogen and oxygen atoms in total. The number of piperidine rings is 1. The first kappa shape index (κ1) is 40.1. The van der Waals surface area contributed by atoms with Crippen molar-refractivity contribution in [3.63, 3.8) is 0 Å². The molecule has 0 radical (unpaired) electrons. The number of hydrogen-bond donors (Lipinski definition) is 0. The number of ether oxygens (including phenoxy) is 5. The van der Waals surface area contributed by atoms with Gasteiger partial charge in [-0.1, -0.05) is 88.9 Å². The lowest BCUT2D eigenvalue weighted by Gasteiger charge is -2.42. The standard InChI is InChI=1S/C40H43Cl4NO7/c1-40(2,3)51-39(46)52-45-22-36(49-25-28-16-31(41)20-32(42)17-28)38(37(23-45)50-26-29-18-33(43)21-34(44)19-29)30-10-12-35(13-11-30)48-15-7-14-47-24-27-8-5-4-6-9-27/h4-6,8-13,16-21,36-38H,7,14-15,22-26H2,1-3H3/t36-,37+,38?. The van der Waals surface area contributed by atoms with Crippen LogP contribution in [0.2, 0.25) is 20.1 Å². The summed E-state index contributed by atoms with van der Waals surface area (Å²) in [5.41, 5.74) is 2.95. The molecule has 278 valence electrons. The highest BCUT2D eigenvalue weighted by molar-refractivity contribution is 6.35. The number of benzene rings is 4. The average Bonchev–Trinajstić information content (AvgIpc) is 3.07. The van der Waals surface area contributed by atoms with E-state index in [4.69, 9.17) is 74.9 Å². The molecule has 52 heavy (non-hydrogen) atoms. The molecule has 4 aromatic rings. The van der Waals surface area contributed by atoms with Crippen molar-refractivity contribution in [3.05, 3.63) is 133 Å². The maximum atomic E-state index is 12.8. The van der Waals surface area contributed by atoms with E-state index < -0.39 is 24.0 Å². The fourth-order valence-corrected chi connectivity index (χ4v) is 6.97. The van der Waals surface area contributed by atoms with Gasteiger partial charge in [0.25, 0.3) is 0 Å². The molecular formula is C40H43Cl4NO7. The molecule has 1 fully saturated rings. The van der Waals surface area contributed by atoms with Gasteiger partial charge in [-0.05, 0) is 91.6 Å². The maximum absolute atomic E-state index is 12.8. The summed E-state index contributed by atoms with van der Waals surface area (Å²) in [6.07, 6.45) is -1.08. The third-order valence-electron chi connectivity index (χ3n) is 8.01. The highest BCUT2D eigenvalue weighted by Gasteiger charge is 2.41. The fraction of sp³-hybridized carbons (Fsp3) is 0.375. The molecule has 1 unspecified atom stereocenters. The molecule has 4 aromatic carbocycles. The van der Waals surface area contributed by atoms with E-state index in [1.807, 2.05) is 54.6 Å². The van der Waals surface area contributed by atoms with E-state index in [2.05, 4.69) is 0 Å². The summed E-state index contributed by atoms with van der Waals surface area (Å²) in [4.78, 5) is 18.5. The van der Waals surface area contributed by atoms with Crippen LogP contribution in [-0.4, -0.2) is 55.3 Å². The second-order valence-corrected chi connectivity index (χ2v) is 15.2. The Hall–Kier alpha value is -3.05. The number of carbonyl (C=O) groups is 1. The van der Waals surface area contributed by atoms with Gasteiger partial charge in [0.15, 0.2) is 0 Å². The van der Waals surface area contributed by atoms with Gasteiger partial charge in [0.05, 0.1) is 58.3 Å². The summed E-state index contributed by atoms with van der Waals surface area (Å²) in [7, 11) is 0. The van der Waals surface area contributed by atoms with Gasteiger partial charge in [-0.3, -0.25) is 0 Å². The second-order valence-electron chi connectivity index (χ2n) is 13.5. The van der Waals surface area contributed by atoms with Crippen LogP contribution in [-0.2, 0) is 43.6 Å². The Morgan fingerprint density at radius 2 is 1.23 bits per heavy atom. The van der Waals surface area contributed by atoms with E-state index in [1.165, 1.54) is 5.06 Å². The predicted octanol–water partition coefficient (Wildman–Crippen LogP) is 10.7. The number of carbonyl (C=O) groups excluding carboxylic acids is 1. The Bertz CT molecular complexity index is 1630. The van der Waals surface area contributed by atoms with Crippen molar-refractivity contribution in [1.82, 2.24) is 5.06 Å². The molecule has 0 aliphatic carbocycles. The van der Waals surface area contributed by atoms with Crippen LogP contribution < -0.4 is 4.74 Å². The number of hydroxylamine groups is 2. The van der Waals surface area contributed by atoms with Crippen molar-refractivity contribution in [2.75, 3.05) is 26.3 Å². The summed E-state index contributed by atoms with van der Waals surface area (Å²) >= 11 is 25.2. The van der Waals surface area contributed by atoms with Crippen molar-refractivity contribution >= 4 is 52.6 Å². The lowest BCUT2D eigenvalue weighted by atomic mass is 9.85. The van der Waals surface area contributed by atoms with Crippen molar-refractivity contribution in [2.45, 2.75) is 70.7 Å². The van der Waals surface area contributed by atoms with E-state index >= 15 is 0 Å². The Kier molecular flexibility index (Phi) is 14.9. The Labute approximate surface area is 325 Å². The van der Waals surface area contributed by atoms with E-state index in [0.29, 0.717) is 39.9 Å². The van der Waals surface area contributed by atoms with E-state index in [1.54, 1.807) is 57.2 Å². The first-order valence-electron chi connectivity index (χ1n) is 17.0. The second kappa shape index (κ2) is 19.3. The zero-order chi connectivity index (χ0) is 37.1. The Morgan fingerprint density at radius 3 is 1.75 bits per heavy atom. The van der Waals surface area contributed by atoms with Crippen LogP contribution >= 0.6 is 46.4 Å². The van der Waals surface area contributed by atoms with Crippen LogP contribution in [0.4, 0.5) is 4.79 Å². The van der Waals surface area contributed by atoms with Gasteiger partial charge in [-0.15, -0.1) is 5.06 Å². The summed E-state index contributed by atoms with van der Waals surface area (Å²) < 4.78 is 30.5. The average molecular weight is 792 g/mol. The molecule has 0 bridgehead atoms. The first-order valence-corrected chi connectivity index (χ1v) is 18.5. The maximum Gasteiger partial charge on any atom is 0.528 e. The SMILES string of the molecule is CC(C)(C)OC(=O)ON1C[C@H](OCc2cc(Cl)cc(Cl)c2)C(c2ccc(OCCCOCc3ccccc3)cc2)[C@H](OCc2cc(Cl)cc(Cl)c2)C1. The molecule has 0 amide bonds. The molecule has 0 N–H and O–H groups in total. The van der Waals surface area contributed by atoms with Crippen molar-refractivity contribution in [1.29, 1.82) is 0 Å². The molecule has 1 heterocycles. The van der Waals surface area contributed by atoms with Crippen LogP contribution in [0.5, 0.6) is 5.75 Å². The molecule has 1 aliphatic rings. The van der Waals surface area contributed by atoms with E-state index in [-0.39, 0.29) is 32.2 Å².